The lowest BCUT2D eigenvalue weighted by atomic mass is 10.1. The molecule has 0 unspecified atom stereocenters. The molecule has 0 spiro atoms. The van der Waals surface area contributed by atoms with Gasteiger partial charge in [0, 0.05) is 49.7 Å². The first-order valence-corrected chi connectivity index (χ1v) is 12.6. The molecule has 9 nitrogen and oxygen atoms in total. The highest BCUT2D eigenvalue weighted by atomic mass is 19.4. The first-order valence-electron chi connectivity index (χ1n) is 12.6. The summed E-state index contributed by atoms with van der Waals surface area (Å²) in [6, 6.07) is 9.57. The fourth-order valence-electron chi connectivity index (χ4n) is 4.47. The molecular weight excluding hydrogens is 509 g/mol. The van der Waals surface area contributed by atoms with Crippen LogP contribution in [0, 0.1) is 6.92 Å². The number of alkyl halides is 3. The van der Waals surface area contributed by atoms with Crippen LogP contribution in [0.25, 0.3) is 11.0 Å². The van der Waals surface area contributed by atoms with Gasteiger partial charge in [0.2, 0.25) is 0 Å². The van der Waals surface area contributed by atoms with Crippen LogP contribution in [-0.2, 0) is 12.7 Å². The Morgan fingerprint density at radius 1 is 1.03 bits per heavy atom. The van der Waals surface area contributed by atoms with Crippen molar-refractivity contribution >= 4 is 34.1 Å². The summed E-state index contributed by atoms with van der Waals surface area (Å²) in [6.45, 7) is 7.60. The second kappa shape index (κ2) is 11.0. The highest BCUT2D eigenvalue weighted by molar-refractivity contribution is 6.05. The minimum Gasteiger partial charge on any atom is -0.339 e. The van der Waals surface area contributed by atoms with E-state index in [2.05, 4.69) is 42.5 Å². The molecule has 0 radical (unpaired) electrons. The number of benzene rings is 2. The molecule has 2 aromatic carbocycles. The highest BCUT2D eigenvalue weighted by Gasteiger charge is 2.30. The normalized spacial score (nSPS) is 15.0. The molecule has 3 heterocycles. The molecule has 1 fully saturated rings. The molecule has 2 aromatic heterocycles. The van der Waals surface area contributed by atoms with E-state index < -0.39 is 17.6 Å². The minimum absolute atomic E-state index is 0.0615. The summed E-state index contributed by atoms with van der Waals surface area (Å²) in [5, 5.41) is 11.1. The number of aryl methyl sites for hydroxylation is 1. The zero-order valence-electron chi connectivity index (χ0n) is 21.7. The largest absolute Gasteiger partial charge is 0.416 e. The standard InChI is InChI=1S/C27H29F3N8O/c1-18-6-7-19(26(39)34-21-5-3-4-20(15-21)27(28,29)30)14-23(18)35-24-22-16-33-38(25(22)32-17-31-24)13-12-37-10-8-36(2)9-11-37/h3-7,14-17H,8-13H2,1-2H3,(H,34,39)(H,31,32,35). The Morgan fingerprint density at radius 3 is 2.59 bits per heavy atom. The van der Waals surface area contributed by atoms with Crippen molar-refractivity contribution in [2.24, 2.45) is 0 Å². The van der Waals surface area contributed by atoms with E-state index >= 15 is 0 Å². The Labute approximate surface area is 223 Å². The van der Waals surface area contributed by atoms with Gasteiger partial charge in [-0.05, 0) is 49.9 Å². The molecule has 1 amide bonds. The third kappa shape index (κ3) is 6.18. The van der Waals surface area contributed by atoms with Crippen LogP contribution in [-0.4, -0.2) is 75.2 Å². The van der Waals surface area contributed by atoms with Crippen molar-refractivity contribution in [2.75, 3.05) is 50.4 Å². The SMILES string of the molecule is Cc1ccc(C(=O)Nc2cccc(C(F)(F)F)c2)cc1Nc1ncnc2c1cnn2CCN1CCN(C)CC1. The molecule has 12 heteroatoms. The van der Waals surface area contributed by atoms with Gasteiger partial charge in [-0.3, -0.25) is 9.69 Å². The molecule has 0 bridgehead atoms. The van der Waals surface area contributed by atoms with Crippen LogP contribution in [0.3, 0.4) is 0 Å². The van der Waals surface area contributed by atoms with Gasteiger partial charge in [0.25, 0.3) is 5.91 Å². The lowest BCUT2D eigenvalue weighted by molar-refractivity contribution is -0.137. The summed E-state index contributed by atoms with van der Waals surface area (Å²) in [7, 11) is 2.13. The van der Waals surface area contributed by atoms with Gasteiger partial charge in [0.1, 0.15) is 12.1 Å². The summed E-state index contributed by atoms with van der Waals surface area (Å²) in [5.74, 6) is 0.0197. The number of carbonyl (C=O) groups excluding carboxylic acids is 1. The lowest BCUT2D eigenvalue weighted by Crippen LogP contribution is -2.45. The zero-order valence-corrected chi connectivity index (χ0v) is 21.7. The Hall–Kier alpha value is -4.03. The summed E-state index contributed by atoms with van der Waals surface area (Å²) in [5.41, 5.74) is 1.72. The topological polar surface area (TPSA) is 91.2 Å². The van der Waals surface area contributed by atoms with E-state index in [9.17, 15) is 18.0 Å². The number of halogens is 3. The molecule has 0 saturated carbocycles. The summed E-state index contributed by atoms with van der Waals surface area (Å²) in [4.78, 5) is 26.4. The number of anilines is 3. The summed E-state index contributed by atoms with van der Waals surface area (Å²) in [6.07, 6.45) is -1.30. The van der Waals surface area contributed by atoms with E-state index in [0.29, 0.717) is 23.7 Å². The van der Waals surface area contributed by atoms with Gasteiger partial charge >= 0.3 is 6.18 Å². The average Bonchev–Trinajstić information content (AvgIpc) is 3.33. The maximum atomic E-state index is 13.0. The second-order valence-electron chi connectivity index (χ2n) is 9.66. The number of likely N-dealkylation sites (N-methyl/N-ethyl adjacent to an activating group) is 1. The van der Waals surface area contributed by atoms with Crippen molar-refractivity contribution < 1.29 is 18.0 Å². The summed E-state index contributed by atoms with van der Waals surface area (Å²) >= 11 is 0. The second-order valence-corrected chi connectivity index (χ2v) is 9.66. The molecule has 1 saturated heterocycles. The number of aromatic nitrogens is 4. The van der Waals surface area contributed by atoms with Gasteiger partial charge in [-0.15, -0.1) is 0 Å². The molecule has 5 rings (SSSR count). The molecule has 39 heavy (non-hydrogen) atoms. The van der Waals surface area contributed by atoms with E-state index in [-0.39, 0.29) is 11.3 Å². The lowest BCUT2D eigenvalue weighted by Gasteiger charge is -2.32. The van der Waals surface area contributed by atoms with Gasteiger partial charge in [0.05, 0.1) is 23.7 Å². The molecular formula is C27H29F3N8O. The minimum atomic E-state index is -4.50. The Morgan fingerprint density at radius 2 is 1.82 bits per heavy atom. The first kappa shape index (κ1) is 26.6. The van der Waals surface area contributed by atoms with Crippen molar-refractivity contribution in [3.63, 3.8) is 0 Å². The van der Waals surface area contributed by atoms with Crippen LogP contribution in [0.2, 0.25) is 0 Å². The highest BCUT2D eigenvalue weighted by Crippen LogP contribution is 2.31. The Bertz CT molecular complexity index is 1480. The van der Waals surface area contributed by atoms with Crippen molar-refractivity contribution in [1.82, 2.24) is 29.5 Å². The smallest absolute Gasteiger partial charge is 0.339 e. The van der Waals surface area contributed by atoms with Gasteiger partial charge < -0.3 is 15.5 Å². The number of piperazine rings is 1. The number of fused-ring (bicyclic) bond motifs is 1. The van der Waals surface area contributed by atoms with E-state index in [0.717, 1.165) is 55.8 Å². The molecule has 0 atom stereocenters. The van der Waals surface area contributed by atoms with Crippen LogP contribution in [0.5, 0.6) is 0 Å². The molecule has 0 aliphatic carbocycles. The van der Waals surface area contributed by atoms with Crippen LogP contribution in [0.4, 0.5) is 30.4 Å². The fourth-order valence-corrected chi connectivity index (χ4v) is 4.47. The fraction of sp³-hybridized carbons (Fsp3) is 0.333. The number of amides is 1. The Balaban J connectivity index is 1.31. The monoisotopic (exact) mass is 538 g/mol. The van der Waals surface area contributed by atoms with E-state index in [1.807, 2.05) is 11.6 Å². The molecule has 1 aliphatic heterocycles. The van der Waals surface area contributed by atoms with E-state index in [4.69, 9.17) is 0 Å². The number of carbonyl (C=O) groups is 1. The van der Waals surface area contributed by atoms with Crippen molar-refractivity contribution in [3.05, 3.63) is 71.7 Å². The summed E-state index contributed by atoms with van der Waals surface area (Å²) < 4.78 is 41.0. The molecule has 2 N–H and O–H groups in total. The average molecular weight is 539 g/mol. The van der Waals surface area contributed by atoms with E-state index in [1.54, 1.807) is 24.4 Å². The number of hydrogen-bond donors (Lipinski definition) is 2. The maximum absolute atomic E-state index is 13.0. The van der Waals surface area contributed by atoms with Crippen LogP contribution in [0.15, 0.2) is 55.0 Å². The number of nitrogens with one attached hydrogen (secondary N) is 2. The number of rotatable bonds is 7. The van der Waals surface area contributed by atoms with Crippen molar-refractivity contribution in [1.29, 1.82) is 0 Å². The molecule has 204 valence electrons. The van der Waals surface area contributed by atoms with Gasteiger partial charge in [-0.1, -0.05) is 12.1 Å². The zero-order chi connectivity index (χ0) is 27.6. The van der Waals surface area contributed by atoms with Crippen molar-refractivity contribution in [3.8, 4) is 0 Å². The van der Waals surface area contributed by atoms with E-state index in [1.165, 1.54) is 18.5 Å². The predicted octanol–water partition coefficient (Wildman–Crippen LogP) is 4.40. The van der Waals surface area contributed by atoms with Crippen LogP contribution >= 0.6 is 0 Å². The van der Waals surface area contributed by atoms with Crippen molar-refractivity contribution in [2.45, 2.75) is 19.6 Å². The molecule has 4 aromatic rings. The maximum Gasteiger partial charge on any atom is 0.416 e. The third-order valence-corrected chi connectivity index (χ3v) is 6.86. The quantitative estimate of drug-likeness (QED) is 0.361. The predicted molar refractivity (Wildman–Crippen MR) is 143 cm³/mol. The van der Waals surface area contributed by atoms with Gasteiger partial charge in [0.15, 0.2) is 5.65 Å². The van der Waals surface area contributed by atoms with Crippen LogP contribution in [0.1, 0.15) is 21.5 Å². The first-order chi connectivity index (χ1) is 18.7. The number of hydrogen-bond acceptors (Lipinski definition) is 7. The van der Waals surface area contributed by atoms with Gasteiger partial charge in [-0.2, -0.15) is 18.3 Å². The van der Waals surface area contributed by atoms with Gasteiger partial charge in [-0.25, -0.2) is 14.6 Å². The molecule has 1 aliphatic rings. The van der Waals surface area contributed by atoms with Crippen LogP contribution < -0.4 is 10.6 Å². The number of nitrogens with zero attached hydrogens (tertiary/aromatic N) is 6. The third-order valence-electron chi connectivity index (χ3n) is 6.86. The Kier molecular flexibility index (Phi) is 7.49.